The van der Waals surface area contributed by atoms with Gasteiger partial charge in [-0.15, -0.1) is 11.8 Å². The van der Waals surface area contributed by atoms with Gasteiger partial charge in [0.25, 0.3) is 0 Å². The summed E-state index contributed by atoms with van der Waals surface area (Å²) in [4.78, 5) is 33.9. The van der Waals surface area contributed by atoms with Crippen LogP contribution in [0.15, 0.2) is 0 Å². The van der Waals surface area contributed by atoms with Gasteiger partial charge in [0, 0.05) is 0 Å². The Morgan fingerprint density at radius 1 is 1.10 bits per heavy atom. The molecule has 0 saturated carbocycles. The van der Waals surface area contributed by atoms with Gasteiger partial charge in [-0.1, -0.05) is 13.3 Å². The van der Waals surface area contributed by atoms with Crippen molar-refractivity contribution in [1.29, 1.82) is 0 Å². The SMILES string of the molecule is CCCCSC(COC(=O)CS)(COC(=O)CS)C(=O)O. The molecule has 0 aromatic heterocycles. The molecule has 0 fully saturated rings. The highest BCUT2D eigenvalue weighted by Gasteiger charge is 2.42. The van der Waals surface area contributed by atoms with Crippen LogP contribution in [0.2, 0.25) is 0 Å². The number of carboxylic acid groups (broad SMARTS) is 1. The minimum atomic E-state index is -1.51. The van der Waals surface area contributed by atoms with Crippen LogP contribution in [-0.4, -0.2) is 58.2 Å². The quantitative estimate of drug-likeness (QED) is 0.292. The molecule has 0 aliphatic carbocycles. The molecule has 0 spiro atoms. The van der Waals surface area contributed by atoms with Crippen LogP contribution in [0.25, 0.3) is 0 Å². The highest BCUT2D eigenvalue weighted by Crippen LogP contribution is 2.28. The number of ether oxygens (including phenoxy) is 2. The molecule has 0 aromatic rings. The van der Waals surface area contributed by atoms with Crippen LogP contribution in [0.5, 0.6) is 0 Å². The minimum Gasteiger partial charge on any atom is -0.480 e. The van der Waals surface area contributed by atoms with E-state index >= 15 is 0 Å². The Morgan fingerprint density at radius 2 is 1.57 bits per heavy atom. The second kappa shape index (κ2) is 11.1. The number of hydrogen-bond acceptors (Lipinski definition) is 8. The molecule has 0 rings (SSSR count). The lowest BCUT2D eigenvalue weighted by Crippen LogP contribution is -2.46. The molecule has 0 radical (unpaired) electrons. The van der Waals surface area contributed by atoms with Crippen molar-refractivity contribution in [3.05, 3.63) is 0 Å². The third-order valence-corrected chi connectivity index (χ3v) is 4.43. The molecule has 122 valence electrons. The van der Waals surface area contributed by atoms with E-state index in [2.05, 4.69) is 25.3 Å². The second-order valence-electron chi connectivity index (χ2n) is 4.14. The van der Waals surface area contributed by atoms with Gasteiger partial charge in [0.05, 0.1) is 11.5 Å². The molecule has 6 nitrogen and oxygen atoms in total. The molecule has 0 saturated heterocycles. The monoisotopic (exact) mass is 356 g/mol. The van der Waals surface area contributed by atoms with Gasteiger partial charge in [-0.2, -0.15) is 25.3 Å². The summed E-state index contributed by atoms with van der Waals surface area (Å²) in [6, 6.07) is 0. The molecule has 1 N–H and O–H groups in total. The Labute approximate surface area is 139 Å². The third kappa shape index (κ3) is 7.87. The zero-order chi connectivity index (χ0) is 16.3. The van der Waals surface area contributed by atoms with Crippen LogP contribution < -0.4 is 0 Å². The molecule has 0 amide bonds. The normalized spacial score (nSPS) is 11.0. The smallest absolute Gasteiger partial charge is 0.326 e. The van der Waals surface area contributed by atoms with Crippen molar-refractivity contribution < 1.29 is 29.0 Å². The molecule has 0 aliphatic rings. The Morgan fingerprint density at radius 3 is 1.90 bits per heavy atom. The van der Waals surface area contributed by atoms with Gasteiger partial charge < -0.3 is 14.6 Å². The van der Waals surface area contributed by atoms with Gasteiger partial charge in [0.2, 0.25) is 0 Å². The van der Waals surface area contributed by atoms with Gasteiger partial charge in [-0.25, -0.2) is 0 Å². The van der Waals surface area contributed by atoms with Crippen LogP contribution in [-0.2, 0) is 23.9 Å². The summed E-state index contributed by atoms with van der Waals surface area (Å²) in [7, 11) is 0. The minimum absolute atomic E-state index is 0.147. The van der Waals surface area contributed by atoms with E-state index in [4.69, 9.17) is 9.47 Å². The predicted octanol–water partition coefficient (Wildman–Crippen LogP) is 1.29. The number of esters is 2. The van der Waals surface area contributed by atoms with Gasteiger partial charge >= 0.3 is 17.9 Å². The molecular weight excluding hydrogens is 336 g/mol. The van der Waals surface area contributed by atoms with Gasteiger partial charge in [0.15, 0.2) is 4.75 Å². The molecule has 9 heteroatoms. The summed E-state index contributed by atoms with van der Waals surface area (Å²) in [5, 5.41) is 9.45. The summed E-state index contributed by atoms with van der Waals surface area (Å²) >= 11 is 8.62. The average molecular weight is 356 g/mol. The van der Waals surface area contributed by atoms with E-state index in [9.17, 15) is 19.5 Å². The summed E-state index contributed by atoms with van der Waals surface area (Å²) in [6.07, 6.45) is 1.70. The highest BCUT2D eigenvalue weighted by atomic mass is 32.2. The van der Waals surface area contributed by atoms with Gasteiger partial charge in [-0.3, -0.25) is 14.4 Å². The van der Waals surface area contributed by atoms with Crippen LogP contribution in [0, 0.1) is 0 Å². The van der Waals surface area contributed by atoms with Crippen molar-refractivity contribution in [2.75, 3.05) is 30.5 Å². The number of unbranched alkanes of at least 4 members (excludes halogenated alkanes) is 1. The van der Waals surface area contributed by atoms with Crippen LogP contribution in [0.3, 0.4) is 0 Å². The number of rotatable bonds is 11. The van der Waals surface area contributed by atoms with E-state index in [0.29, 0.717) is 5.75 Å². The number of carbonyl (C=O) groups is 3. The molecule has 21 heavy (non-hydrogen) atoms. The number of carboxylic acids is 1. The summed E-state index contributed by atoms with van der Waals surface area (Å²) in [5.41, 5.74) is 0. The summed E-state index contributed by atoms with van der Waals surface area (Å²) < 4.78 is 8.27. The molecule has 0 bridgehead atoms. The maximum absolute atomic E-state index is 11.6. The second-order valence-corrected chi connectivity index (χ2v) is 6.25. The predicted molar refractivity (Wildman–Crippen MR) is 87.4 cm³/mol. The van der Waals surface area contributed by atoms with Crippen molar-refractivity contribution >= 4 is 54.9 Å². The lowest BCUT2D eigenvalue weighted by Gasteiger charge is -2.27. The maximum Gasteiger partial charge on any atom is 0.326 e. The highest BCUT2D eigenvalue weighted by molar-refractivity contribution is 8.01. The van der Waals surface area contributed by atoms with E-state index in [1.807, 2.05) is 6.92 Å². The summed E-state index contributed by atoms with van der Waals surface area (Å²) in [6.45, 7) is 1.22. The number of thiol groups is 2. The molecule has 0 unspecified atom stereocenters. The lowest BCUT2D eigenvalue weighted by atomic mass is 10.1. The zero-order valence-electron chi connectivity index (χ0n) is 11.7. The average Bonchev–Trinajstić information content (AvgIpc) is 2.48. The molecule has 0 heterocycles. The van der Waals surface area contributed by atoms with E-state index in [-0.39, 0.29) is 24.7 Å². The fourth-order valence-corrected chi connectivity index (χ4v) is 2.62. The van der Waals surface area contributed by atoms with Crippen molar-refractivity contribution in [2.24, 2.45) is 0 Å². The maximum atomic E-state index is 11.6. The first-order chi connectivity index (χ1) is 9.91. The van der Waals surface area contributed by atoms with Gasteiger partial charge in [0.1, 0.15) is 13.2 Å². The first-order valence-electron chi connectivity index (χ1n) is 6.32. The van der Waals surface area contributed by atoms with Crippen molar-refractivity contribution in [3.8, 4) is 0 Å². The van der Waals surface area contributed by atoms with Crippen LogP contribution in [0.1, 0.15) is 19.8 Å². The molecule has 0 aliphatic heterocycles. The van der Waals surface area contributed by atoms with E-state index in [1.165, 1.54) is 0 Å². The summed E-state index contributed by atoms with van der Waals surface area (Å²) in [5.74, 6) is -2.18. The number of hydrogen-bond donors (Lipinski definition) is 3. The Hall–Kier alpha value is -0.540. The van der Waals surface area contributed by atoms with E-state index in [1.54, 1.807) is 0 Å². The fraction of sp³-hybridized carbons (Fsp3) is 0.750. The molecule has 0 aromatic carbocycles. The largest absolute Gasteiger partial charge is 0.480 e. The number of carbonyl (C=O) groups excluding carboxylic acids is 2. The van der Waals surface area contributed by atoms with Crippen LogP contribution in [0.4, 0.5) is 0 Å². The molecule has 0 atom stereocenters. The van der Waals surface area contributed by atoms with Crippen molar-refractivity contribution in [1.82, 2.24) is 0 Å². The Bertz CT molecular complexity index is 341. The number of thioether (sulfide) groups is 1. The Kier molecular flexibility index (Phi) is 10.8. The first-order valence-corrected chi connectivity index (χ1v) is 8.57. The number of aliphatic carboxylic acids is 1. The van der Waals surface area contributed by atoms with Crippen molar-refractivity contribution in [3.63, 3.8) is 0 Å². The third-order valence-electron chi connectivity index (χ3n) is 2.46. The van der Waals surface area contributed by atoms with Crippen LogP contribution >= 0.6 is 37.0 Å². The lowest BCUT2D eigenvalue weighted by molar-refractivity contribution is -0.152. The first kappa shape index (κ1) is 20.5. The zero-order valence-corrected chi connectivity index (χ0v) is 14.3. The van der Waals surface area contributed by atoms with Gasteiger partial charge in [-0.05, 0) is 12.2 Å². The van der Waals surface area contributed by atoms with E-state index < -0.39 is 22.7 Å². The topological polar surface area (TPSA) is 89.9 Å². The molecular formula is C12H20O6S3. The fourth-order valence-electron chi connectivity index (χ4n) is 1.21. The Balaban J connectivity index is 4.89. The van der Waals surface area contributed by atoms with E-state index in [0.717, 1.165) is 24.6 Å². The standard InChI is InChI=1S/C12H20O6S3/c1-2-3-4-21-12(11(15)16,7-17-9(13)5-19)8-18-10(14)6-20/h19-20H,2-8H2,1H3,(H,15,16). The van der Waals surface area contributed by atoms with Crippen molar-refractivity contribution in [2.45, 2.75) is 24.5 Å².